The molecule has 0 saturated carbocycles. The van der Waals surface area contributed by atoms with Gasteiger partial charge in [-0.1, -0.05) is 36.4 Å². The smallest absolute Gasteiger partial charge is 0.258 e. The predicted octanol–water partition coefficient (Wildman–Crippen LogP) is 3.13. The van der Waals surface area contributed by atoms with Gasteiger partial charge >= 0.3 is 0 Å². The Morgan fingerprint density at radius 1 is 1.22 bits per heavy atom. The second-order valence-corrected chi connectivity index (χ2v) is 5.61. The van der Waals surface area contributed by atoms with E-state index in [4.69, 9.17) is 10.00 Å². The first-order chi connectivity index (χ1) is 11.3. The molecule has 2 aromatic carbocycles. The number of benzene rings is 2. The molecule has 0 heterocycles. The number of carbonyl (C=O) groups excluding carboxylic acids is 1. The molecule has 4 heteroatoms. The first kappa shape index (κ1) is 15.1. The molecular weight excluding hydrogens is 288 g/mol. The van der Waals surface area contributed by atoms with Crippen LogP contribution >= 0.6 is 0 Å². The van der Waals surface area contributed by atoms with Gasteiger partial charge in [-0.05, 0) is 42.5 Å². The molecule has 0 radical (unpaired) electrons. The Labute approximate surface area is 135 Å². The van der Waals surface area contributed by atoms with E-state index in [1.807, 2.05) is 12.1 Å². The van der Waals surface area contributed by atoms with Gasteiger partial charge in [0.15, 0.2) is 6.61 Å². The summed E-state index contributed by atoms with van der Waals surface area (Å²) in [5.74, 6) is 0.272. The molecule has 1 atom stereocenters. The van der Waals surface area contributed by atoms with Gasteiger partial charge in [0.1, 0.15) is 11.8 Å². The van der Waals surface area contributed by atoms with Crippen molar-refractivity contribution < 1.29 is 9.53 Å². The molecule has 4 nitrogen and oxygen atoms in total. The Hall–Kier alpha value is -2.80. The van der Waals surface area contributed by atoms with Crippen LogP contribution in [0.15, 0.2) is 48.5 Å². The Kier molecular flexibility index (Phi) is 4.58. The highest BCUT2D eigenvalue weighted by molar-refractivity contribution is 5.78. The fourth-order valence-electron chi connectivity index (χ4n) is 2.97. The van der Waals surface area contributed by atoms with Crippen molar-refractivity contribution in [3.05, 3.63) is 65.2 Å². The van der Waals surface area contributed by atoms with E-state index in [9.17, 15) is 4.79 Å². The van der Waals surface area contributed by atoms with Gasteiger partial charge in [0.05, 0.1) is 11.6 Å². The van der Waals surface area contributed by atoms with E-state index in [0.29, 0.717) is 11.3 Å². The van der Waals surface area contributed by atoms with Crippen LogP contribution in [0.5, 0.6) is 5.75 Å². The topological polar surface area (TPSA) is 62.1 Å². The van der Waals surface area contributed by atoms with Crippen LogP contribution < -0.4 is 10.1 Å². The van der Waals surface area contributed by atoms with Crippen LogP contribution in [0.4, 0.5) is 0 Å². The molecule has 116 valence electrons. The second-order valence-electron chi connectivity index (χ2n) is 5.61. The van der Waals surface area contributed by atoms with Gasteiger partial charge in [-0.15, -0.1) is 0 Å². The molecule has 0 fully saturated rings. The molecule has 1 aliphatic rings. The van der Waals surface area contributed by atoms with Crippen LogP contribution in [-0.4, -0.2) is 12.5 Å². The molecule has 0 saturated heterocycles. The minimum Gasteiger partial charge on any atom is -0.482 e. The van der Waals surface area contributed by atoms with Crippen molar-refractivity contribution in [1.29, 1.82) is 5.26 Å². The zero-order valence-corrected chi connectivity index (χ0v) is 12.8. The summed E-state index contributed by atoms with van der Waals surface area (Å²) in [5, 5.41) is 12.1. The number of hydrogen-bond donors (Lipinski definition) is 1. The van der Waals surface area contributed by atoms with E-state index in [1.54, 1.807) is 24.3 Å². The lowest BCUT2D eigenvalue weighted by atomic mass is 9.88. The summed E-state index contributed by atoms with van der Waals surface area (Å²) < 4.78 is 5.48. The van der Waals surface area contributed by atoms with E-state index in [0.717, 1.165) is 19.3 Å². The molecule has 0 spiro atoms. The van der Waals surface area contributed by atoms with E-state index in [2.05, 4.69) is 23.5 Å². The van der Waals surface area contributed by atoms with E-state index in [1.165, 1.54) is 11.1 Å². The monoisotopic (exact) mass is 306 g/mol. The lowest BCUT2D eigenvalue weighted by molar-refractivity contribution is -0.123. The number of nitrogens with zero attached hydrogens (tertiary/aromatic N) is 1. The molecule has 0 aliphatic heterocycles. The maximum Gasteiger partial charge on any atom is 0.258 e. The minimum absolute atomic E-state index is 0.0438. The van der Waals surface area contributed by atoms with Crippen LogP contribution in [0.1, 0.15) is 35.6 Å². The summed E-state index contributed by atoms with van der Waals surface area (Å²) in [5.41, 5.74) is 2.94. The standard InChI is InChI=1S/C19H18N2O2/c20-12-15-7-2-4-11-18(15)23-13-19(22)21-17-10-5-8-14-6-1-3-9-16(14)17/h1-4,6-7,9,11,17H,5,8,10,13H2,(H,21,22)/t17-/m1/s1. The van der Waals surface area contributed by atoms with E-state index in [-0.39, 0.29) is 18.6 Å². The van der Waals surface area contributed by atoms with Crippen molar-refractivity contribution in [2.75, 3.05) is 6.61 Å². The SMILES string of the molecule is N#Cc1ccccc1OCC(=O)N[C@@H]1CCCc2ccccc21. The van der Waals surface area contributed by atoms with Crippen molar-refractivity contribution in [3.63, 3.8) is 0 Å². The number of fused-ring (bicyclic) bond motifs is 1. The first-order valence-corrected chi connectivity index (χ1v) is 7.77. The lowest BCUT2D eigenvalue weighted by Gasteiger charge is -2.26. The van der Waals surface area contributed by atoms with E-state index >= 15 is 0 Å². The number of aryl methyl sites for hydroxylation is 1. The van der Waals surface area contributed by atoms with Gasteiger partial charge in [0.25, 0.3) is 5.91 Å². The lowest BCUT2D eigenvalue weighted by Crippen LogP contribution is -2.34. The number of rotatable bonds is 4. The average Bonchev–Trinajstić information content (AvgIpc) is 2.60. The van der Waals surface area contributed by atoms with Crippen molar-refractivity contribution in [2.45, 2.75) is 25.3 Å². The minimum atomic E-state index is -0.167. The van der Waals surface area contributed by atoms with Crippen LogP contribution in [0.25, 0.3) is 0 Å². The Balaban J connectivity index is 1.62. The number of ether oxygens (including phenoxy) is 1. The van der Waals surface area contributed by atoms with Crippen molar-refractivity contribution in [2.24, 2.45) is 0 Å². The third-order valence-corrected chi connectivity index (χ3v) is 4.07. The van der Waals surface area contributed by atoms with Crippen LogP contribution in [0, 0.1) is 11.3 Å². The molecule has 1 amide bonds. The molecule has 3 rings (SSSR count). The van der Waals surface area contributed by atoms with Crippen molar-refractivity contribution >= 4 is 5.91 Å². The van der Waals surface area contributed by atoms with Crippen LogP contribution in [0.3, 0.4) is 0 Å². The zero-order valence-electron chi connectivity index (χ0n) is 12.8. The third-order valence-electron chi connectivity index (χ3n) is 4.07. The summed E-state index contributed by atoms with van der Waals surface area (Å²) in [4.78, 5) is 12.2. The summed E-state index contributed by atoms with van der Waals surface area (Å²) in [6.07, 6.45) is 3.08. The number of para-hydroxylation sites is 1. The van der Waals surface area contributed by atoms with Gasteiger partial charge in [-0.25, -0.2) is 0 Å². The van der Waals surface area contributed by atoms with Gasteiger partial charge in [-0.2, -0.15) is 5.26 Å². The normalized spacial score (nSPS) is 16.0. The van der Waals surface area contributed by atoms with Gasteiger partial charge in [0.2, 0.25) is 0 Å². The van der Waals surface area contributed by atoms with Gasteiger partial charge in [-0.3, -0.25) is 4.79 Å². The third kappa shape index (κ3) is 3.51. The second kappa shape index (κ2) is 6.97. The highest BCUT2D eigenvalue weighted by Gasteiger charge is 2.21. The fourth-order valence-corrected chi connectivity index (χ4v) is 2.97. The summed E-state index contributed by atoms with van der Waals surface area (Å²) >= 11 is 0. The molecule has 2 aromatic rings. The summed E-state index contributed by atoms with van der Waals surface area (Å²) in [6, 6.07) is 17.2. The molecule has 0 bridgehead atoms. The number of nitrogens with one attached hydrogen (secondary N) is 1. The molecule has 0 unspecified atom stereocenters. The molecule has 0 aromatic heterocycles. The fraction of sp³-hybridized carbons (Fsp3) is 0.263. The maximum absolute atomic E-state index is 12.2. The summed E-state index contributed by atoms with van der Waals surface area (Å²) in [6.45, 7) is -0.0860. The maximum atomic E-state index is 12.2. The molecule has 1 aliphatic carbocycles. The highest BCUT2D eigenvalue weighted by Crippen LogP contribution is 2.29. The number of amides is 1. The average molecular weight is 306 g/mol. The Bertz CT molecular complexity index is 749. The number of hydrogen-bond acceptors (Lipinski definition) is 3. The summed E-state index contributed by atoms with van der Waals surface area (Å²) in [7, 11) is 0. The largest absolute Gasteiger partial charge is 0.482 e. The van der Waals surface area contributed by atoms with Crippen molar-refractivity contribution in [1.82, 2.24) is 5.32 Å². The Morgan fingerprint density at radius 3 is 2.87 bits per heavy atom. The quantitative estimate of drug-likeness (QED) is 0.944. The number of carbonyl (C=O) groups is 1. The van der Waals surface area contributed by atoms with Crippen molar-refractivity contribution in [3.8, 4) is 11.8 Å². The number of nitriles is 1. The molecule has 1 N–H and O–H groups in total. The zero-order chi connectivity index (χ0) is 16.1. The Morgan fingerprint density at radius 2 is 2.00 bits per heavy atom. The van der Waals surface area contributed by atoms with Crippen LogP contribution in [-0.2, 0) is 11.2 Å². The van der Waals surface area contributed by atoms with Gasteiger partial charge < -0.3 is 10.1 Å². The predicted molar refractivity (Wildman–Crippen MR) is 86.9 cm³/mol. The molecule has 23 heavy (non-hydrogen) atoms. The molecular formula is C19H18N2O2. The van der Waals surface area contributed by atoms with Gasteiger partial charge in [0, 0.05) is 0 Å². The van der Waals surface area contributed by atoms with Crippen LogP contribution in [0.2, 0.25) is 0 Å². The highest BCUT2D eigenvalue weighted by atomic mass is 16.5. The van der Waals surface area contributed by atoms with E-state index < -0.39 is 0 Å². The first-order valence-electron chi connectivity index (χ1n) is 7.77.